The van der Waals surface area contributed by atoms with Crippen molar-refractivity contribution in [3.05, 3.63) is 34.8 Å². The third-order valence-electron chi connectivity index (χ3n) is 3.38. The van der Waals surface area contributed by atoms with Crippen LogP contribution in [-0.4, -0.2) is 23.2 Å². The largest absolute Gasteiger partial charge is 0.296 e. The molecule has 0 bridgehead atoms. The maximum Gasteiger partial charge on any atom is 0.228 e. The van der Waals surface area contributed by atoms with Crippen LogP contribution in [-0.2, 0) is 4.79 Å². The average molecular weight is 337 g/mol. The van der Waals surface area contributed by atoms with E-state index >= 15 is 0 Å². The first kappa shape index (κ1) is 12.9. The van der Waals surface area contributed by atoms with Crippen molar-refractivity contribution in [3.8, 4) is 0 Å². The number of carbonyl (C=O) groups is 1. The molecule has 0 saturated carbocycles. The minimum absolute atomic E-state index is 0.142. The van der Waals surface area contributed by atoms with Crippen molar-refractivity contribution in [1.82, 2.24) is 4.98 Å². The number of hydrogen-bond donors (Lipinski definition) is 1. The molecular weight excluding hydrogens is 324 g/mol. The Morgan fingerprint density at radius 2 is 2.21 bits per heavy atom. The van der Waals surface area contributed by atoms with Crippen LogP contribution in [0.5, 0.6) is 0 Å². The highest BCUT2D eigenvalue weighted by Gasteiger charge is 2.30. The molecule has 0 aliphatic carbocycles. The van der Waals surface area contributed by atoms with Crippen LogP contribution in [0.25, 0.3) is 10.9 Å². The van der Waals surface area contributed by atoms with Gasteiger partial charge in [-0.25, -0.2) is 4.98 Å². The number of halogens is 1. The number of rotatable bonds is 2. The van der Waals surface area contributed by atoms with Gasteiger partial charge in [-0.1, -0.05) is 15.9 Å². The van der Waals surface area contributed by atoms with E-state index in [9.17, 15) is 4.79 Å². The lowest BCUT2D eigenvalue weighted by Crippen LogP contribution is -2.25. The predicted octanol–water partition coefficient (Wildman–Crippen LogP) is 3.28. The smallest absolute Gasteiger partial charge is 0.228 e. The summed E-state index contributed by atoms with van der Waals surface area (Å²) in [4.78, 5) is 18.3. The van der Waals surface area contributed by atoms with E-state index < -0.39 is 0 Å². The Morgan fingerprint density at radius 1 is 1.37 bits per heavy atom. The molecule has 98 valence electrons. The van der Waals surface area contributed by atoms with Crippen molar-refractivity contribution in [3.63, 3.8) is 0 Å². The van der Waals surface area contributed by atoms with Crippen molar-refractivity contribution in [2.45, 2.75) is 6.42 Å². The zero-order valence-electron chi connectivity index (χ0n) is 10.2. The van der Waals surface area contributed by atoms with Crippen LogP contribution in [0, 0.1) is 5.92 Å². The van der Waals surface area contributed by atoms with Gasteiger partial charge in [0.05, 0.1) is 5.52 Å². The SMILES string of the molecule is O=C1CC(CS)CN1c1ccc2cc(Br)ccc2n1. The quantitative estimate of drug-likeness (QED) is 0.853. The van der Waals surface area contributed by atoms with Gasteiger partial charge in [-0.2, -0.15) is 12.6 Å². The molecule has 0 spiro atoms. The Morgan fingerprint density at radius 3 is 2.95 bits per heavy atom. The second-order valence-electron chi connectivity index (χ2n) is 4.76. The van der Waals surface area contributed by atoms with Gasteiger partial charge in [-0.05, 0) is 42.0 Å². The minimum atomic E-state index is 0.142. The highest BCUT2D eigenvalue weighted by atomic mass is 79.9. The van der Waals surface area contributed by atoms with E-state index in [1.54, 1.807) is 4.90 Å². The Hall–Kier alpha value is -1.07. The van der Waals surface area contributed by atoms with Crippen molar-refractivity contribution in [2.24, 2.45) is 5.92 Å². The highest BCUT2D eigenvalue weighted by Crippen LogP contribution is 2.27. The molecule has 1 aromatic heterocycles. The molecule has 1 saturated heterocycles. The van der Waals surface area contributed by atoms with Gasteiger partial charge in [-0.15, -0.1) is 0 Å². The number of thiol groups is 1. The second kappa shape index (κ2) is 5.13. The van der Waals surface area contributed by atoms with Crippen molar-refractivity contribution < 1.29 is 4.79 Å². The summed E-state index contributed by atoms with van der Waals surface area (Å²) in [6.07, 6.45) is 0.573. The predicted molar refractivity (Wildman–Crippen MR) is 83.8 cm³/mol. The average Bonchev–Trinajstić information content (AvgIpc) is 2.79. The molecule has 19 heavy (non-hydrogen) atoms. The van der Waals surface area contributed by atoms with E-state index in [-0.39, 0.29) is 5.91 Å². The van der Waals surface area contributed by atoms with Gasteiger partial charge in [0.25, 0.3) is 0 Å². The fourth-order valence-corrected chi connectivity index (χ4v) is 2.98. The zero-order valence-corrected chi connectivity index (χ0v) is 12.7. The number of aromatic nitrogens is 1. The van der Waals surface area contributed by atoms with Gasteiger partial charge in [-0.3, -0.25) is 9.69 Å². The Bertz CT molecular complexity index is 646. The third kappa shape index (κ3) is 2.49. The molecule has 0 radical (unpaired) electrons. The second-order valence-corrected chi connectivity index (χ2v) is 6.04. The van der Waals surface area contributed by atoms with Crippen molar-refractivity contribution in [2.75, 3.05) is 17.2 Å². The molecule has 1 fully saturated rings. The van der Waals surface area contributed by atoms with Crippen LogP contribution in [0.2, 0.25) is 0 Å². The lowest BCUT2D eigenvalue weighted by molar-refractivity contribution is -0.117. The summed E-state index contributed by atoms with van der Waals surface area (Å²) in [5, 5.41) is 1.07. The number of fused-ring (bicyclic) bond motifs is 1. The number of anilines is 1. The van der Waals surface area contributed by atoms with Crippen LogP contribution in [0.1, 0.15) is 6.42 Å². The lowest BCUT2D eigenvalue weighted by atomic mass is 10.1. The third-order valence-corrected chi connectivity index (χ3v) is 4.39. The fraction of sp³-hybridized carbons (Fsp3) is 0.286. The van der Waals surface area contributed by atoms with E-state index in [4.69, 9.17) is 0 Å². The van der Waals surface area contributed by atoms with Crippen molar-refractivity contribution >= 4 is 51.2 Å². The van der Waals surface area contributed by atoms with Gasteiger partial charge in [0.2, 0.25) is 5.91 Å². The van der Waals surface area contributed by atoms with Gasteiger partial charge < -0.3 is 0 Å². The molecule has 2 heterocycles. The summed E-state index contributed by atoms with van der Waals surface area (Å²) in [5.41, 5.74) is 0.905. The first-order valence-electron chi connectivity index (χ1n) is 6.15. The molecule has 1 unspecified atom stereocenters. The molecule has 1 atom stereocenters. The van der Waals surface area contributed by atoms with E-state index in [1.165, 1.54) is 0 Å². The number of benzene rings is 1. The van der Waals surface area contributed by atoms with E-state index in [1.807, 2.05) is 30.3 Å². The van der Waals surface area contributed by atoms with Gasteiger partial charge in [0.1, 0.15) is 5.82 Å². The van der Waals surface area contributed by atoms with Crippen LogP contribution in [0.3, 0.4) is 0 Å². The van der Waals surface area contributed by atoms with E-state index in [2.05, 4.69) is 33.5 Å². The zero-order chi connectivity index (χ0) is 13.4. The molecule has 1 amide bonds. The summed E-state index contributed by atoms with van der Waals surface area (Å²) in [7, 11) is 0. The number of hydrogen-bond acceptors (Lipinski definition) is 3. The number of carbonyl (C=O) groups excluding carboxylic acids is 1. The summed E-state index contributed by atoms with van der Waals surface area (Å²) >= 11 is 7.72. The highest BCUT2D eigenvalue weighted by molar-refractivity contribution is 9.10. The van der Waals surface area contributed by atoms with Gasteiger partial charge in [0, 0.05) is 22.8 Å². The Balaban J connectivity index is 1.97. The summed E-state index contributed by atoms with van der Waals surface area (Å²) < 4.78 is 1.03. The summed E-state index contributed by atoms with van der Waals surface area (Å²) in [6, 6.07) is 9.85. The maximum atomic E-state index is 12.0. The normalized spacial score (nSPS) is 19.4. The lowest BCUT2D eigenvalue weighted by Gasteiger charge is -2.15. The molecule has 1 aliphatic heterocycles. The summed E-state index contributed by atoms with van der Waals surface area (Å²) in [6.45, 7) is 0.720. The van der Waals surface area contributed by atoms with Crippen molar-refractivity contribution in [1.29, 1.82) is 0 Å². The van der Waals surface area contributed by atoms with E-state index in [0.717, 1.165) is 33.5 Å². The Labute approximate surface area is 125 Å². The molecule has 3 nitrogen and oxygen atoms in total. The van der Waals surface area contributed by atoms with Crippen LogP contribution in [0.15, 0.2) is 34.8 Å². The monoisotopic (exact) mass is 336 g/mol. The standard InChI is InChI=1S/C14H13BrN2OS/c15-11-2-3-12-10(6-11)1-4-13(16-12)17-7-9(8-19)5-14(17)18/h1-4,6,9,19H,5,7-8H2. The Kier molecular flexibility index (Phi) is 3.50. The van der Waals surface area contributed by atoms with Crippen LogP contribution < -0.4 is 4.90 Å². The minimum Gasteiger partial charge on any atom is -0.296 e. The maximum absolute atomic E-state index is 12.0. The fourth-order valence-electron chi connectivity index (χ4n) is 2.36. The number of nitrogens with zero attached hydrogens (tertiary/aromatic N) is 2. The molecule has 2 aromatic rings. The molecule has 0 N–H and O–H groups in total. The first-order chi connectivity index (χ1) is 9.17. The molecule has 1 aromatic carbocycles. The number of amides is 1. The topological polar surface area (TPSA) is 33.2 Å². The molecule has 3 rings (SSSR count). The first-order valence-corrected chi connectivity index (χ1v) is 7.57. The van der Waals surface area contributed by atoms with Gasteiger partial charge in [0.15, 0.2) is 0 Å². The summed E-state index contributed by atoms with van der Waals surface area (Å²) in [5.74, 6) is 1.95. The molecule has 5 heteroatoms. The van der Waals surface area contributed by atoms with Gasteiger partial charge >= 0.3 is 0 Å². The number of pyridine rings is 1. The van der Waals surface area contributed by atoms with Crippen LogP contribution >= 0.6 is 28.6 Å². The molecular formula is C14H13BrN2OS. The molecule has 1 aliphatic rings. The van der Waals surface area contributed by atoms with Crippen LogP contribution in [0.4, 0.5) is 5.82 Å². The van der Waals surface area contributed by atoms with E-state index in [0.29, 0.717) is 12.3 Å².